The minimum absolute atomic E-state index is 0.0134. The average molecular weight is 575 g/mol. The molecule has 196 valence electrons. The van der Waals surface area contributed by atoms with E-state index in [2.05, 4.69) is 46.0 Å². The SMILES string of the molecule is C[C@@H](OC(=O)Nc1c(-c2cc3sc(-c4ccc5scc(CC(=O)O)c5c4)cc3s2)nnn1C)c1ccccc1. The lowest BCUT2D eigenvalue weighted by molar-refractivity contribution is -0.136. The maximum Gasteiger partial charge on any atom is 0.413 e. The van der Waals surface area contributed by atoms with Crippen LogP contribution in [-0.2, 0) is 23.0 Å². The molecule has 2 N–H and O–H groups in total. The number of carbonyl (C=O) groups is 2. The number of thiophene rings is 3. The number of nitrogens with one attached hydrogen (secondary N) is 1. The molecule has 0 radical (unpaired) electrons. The number of anilines is 1. The van der Waals surface area contributed by atoms with Crippen LogP contribution in [0.15, 0.2) is 66.0 Å². The molecular weight excluding hydrogens is 553 g/mol. The number of hydrogen-bond acceptors (Lipinski definition) is 8. The van der Waals surface area contributed by atoms with E-state index in [-0.39, 0.29) is 6.42 Å². The van der Waals surface area contributed by atoms with Crippen LogP contribution in [0.1, 0.15) is 24.2 Å². The Morgan fingerprint density at radius 3 is 2.54 bits per heavy atom. The van der Waals surface area contributed by atoms with E-state index in [1.807, 2.05) is 42.6 Å². The van der Waals surface area contributed by atoms with Gasteiger partial charge in [-0.1, -0.05) is 41.6 Å². The predicted octanol–water partition coefficient (Wildman–Crippen LogP) is 7.58. The summed E-state index contributed by atoms with van der Waals surface area (Å²) in [4.78, 5) is 25.9. The summed E-state index contributed by atoms with van der Waals surface area (Å²) in [7, 11) is 1.72. The van der Waals surface area contributed by atoms with Gasteiger partial charge < -0.3 is 9.84 Å². The first-order valence-electron chi connectivity index (χ1n) is 12.0. The molecule has 0 aliphatic heterocycles. The van der Waals surface area contributed by atoms with Gasteiger partial charge in [-0.2, -0.15) is 0 Å². The van der Waals surface area contributed by atoms with Gasteiger partial charge in [-0.25, -0.2) is 9.48 Å². The Labute approximate surface area is 235 Å². The van der Waals surface area contributed by atoms with Gasteiger partial charge >= 0.3 is 12.1 Å². The number of hydrogen-bond donors (Lipinski definition) is 2. The number of benzene rings is 2. The van der Waals surface area contributed by atoms with E-state index in [9.17, 15) is 14.7 Å². The van der Waals surface area contributed by atoms with Gasteiger partial charge in [0.05, 0.1) is 11.3 Å². The molecule has 39 heavy (non-hydrogen) atoms. The second kappa shape index (κ2) is 10.3. The third kappa shape index (κ3) is 5.03. The van der Waals surface area contributed by atoms with Crippen LogP contribution in [0.4, 0.5) is 10.6 Å². The number of amides is 1. The molecule has 0 fully saturated rings. The second-order valence-corrected chi connectivity index (χ2v) is 12.1. The molecule has 0 bridgehead atoms. The van der Waals surface area contributed by atoms with Crippen LogP contribution >= 0.6 is 34.0 Å². The molecule has 6 aromatic rings. The topological polar surface area (TPSA) is 106 Å². The van der Waals surface area contributed by atoms with Crippen LogP contribution in [0.2, 0.25) is 0 Å². The van der Waals surface area contributed by atoms with Gasteiger partial charge in [-0.3, -0.25) is 10.1 Å². The van der Waals surface area contributed by atoms with E-state index in [1.165, 1.54) is 4.68 Å². The fraction of sp³-hybridized carbons (Fsp3) is 0.143. The Balaban J connectivity index is 1.24. The number of nitrogens with zero attached hydrogens (tertiary/aromatic N) is 3. The zero-order valence-corrected chi connectivity index (χ0v) is 23.3. The van der Waals surface area contributed by atoms with Crippen molar-refractivity contribution in [2.75, 3.05) is 5.32 Å². The van der Waals surface area contributed by atoms with E-state index >= 15 is 0 Å². The zero-order valence-electron chi connectivity index (χ0n) is 20.9. The van der Waals surface area contributed by atoms with Gasteiger partial charge in [0.15, 0.2) is 5.82 Å². The van der Waals surface area contributed by atoms with Crippen LogP contribution in [0.25, 0.3) is 40.5 Å². The first-order chi connectivity index (χ1) is 18.9. The highest BCUT2D eigenvalue weighted by molar-refractivity contribution is 7.31. The number of aliphatic carboxylic acids is 1. The van der Waals surface area contributed by atoms with Crippen molar-refractivity contribution in [3.05, 3.63) is 77.2 Å². The van der Waals surface area contributed by atoms with Gasteiger partial charge in [0.1, 0.15) is 11.8 Å². The Morgan fingerprint density at radius 2 is 1.77 bits per heavy atom. The molecule has 0 aliphatic rings. The van der Waals surface area contributed by atoms with Crippen LogP contribution in [0.5, 0.6) is 0 Å². The molecule has 1 amide bonds. The Morgan fingerprint density at radius 1 is 1.03 bits per heavy atom. The number of carboxylic acid groups (broad SMARTS) is 1. The van der Waals surface area contributed by atoms with Crippen molar-refractivity contribution in [1.29, 1.82) is 0 Å². The Kier molecular flexibility index (Phi) is 6.63. The summed E-state index contributed by atoms with van der Waals surface area (Å²) in [6, 6.07) is 19.9. The summed E-state index contributed by atoms with van der Waals surface area (Å²) in [6.07, 6.45) is -0.973. The highest BCUT2D eigenvalue weighted by Crippen LogP contribution is 2.43. The predicted molar refractivity (Wildman–Crippen MR) is 157 cm³/mol. The van der Waals surface area contributed by atoms with Crippen LogP contribution in [-0.4, -0.2) is 32.2 Å². The molecule has 0 saturated carbocycles. The lowest BCUT2D eigenvalue weighted by Gasteiger charge is -2.14. The van der Waals surface area contributed by atoms with E-state index < -0.39 is 18.2 Å². The normalized spacial score (nSPS) is 12.2. The van der Waals surface area contributed by atoms with Gasteiger partial charge in [0.2, 0.25) is 0 Å². The van der Waals surface area contributed by atoms with E-state index in [4.69, 9.17) is 4.74 Å². The highest BCUT2D eigenvalue weighted by Gasteiger charge is 2.21. The number of rotatable bonds is 7. The molecule has 0 saturated heterocycles. The van der Waals surface area contributed by atoms with Gasteiger partial charge in [-0.15, -0.1) is 39.1 Å². The number of ether oxygens (including phenoxy) is 1. The molecule has 11 heteroatoms. The molecule has 0 aliphatic carbocycles. The smallest absolute Gasteiger partial charge is 0.413 e. The molecule has 1 atom stereocenters. The standard InChI is InChI=1S/C28H22N4O4S3/c1-15(16-6-4-3-5-7-16)36-28(35)29-27-26(30-31-32(27)2)24-13-23-22(39-24)12-21(38-23)17-8-9-20-19(10-17)18(14-37-20)11-25(33)34/h3-10,12-15H,11H2,1-2H3,(H,29,35)(H,33,34)/t15-/m1/s1. The summed E-state index contributed by atoms with van der Waals surface area (Å²) >= 11 is 4.80. The molecule has 6 rings (SSSR count). The van der Waals surface area contributed by atoms with E-state index in [0.717, 1.165) is 45.9 Å². The largest absolute Gasteiger partial charge is 0.481 e. The third-order valence-corrected chi connectivity index (χ3v) is 9.68. The zero-order chi connectivity index (χ0) is 27.1. The van der Waals surface area contributed by atoms with Crippen molar-refractivity contribution in [3.63, 3.8) is 0 Å². The number of aryl methyl sites for hydroxylation is 1. The molecule has 4 aromatic heterocycles. The number of aromatic nitrogens is 3. The van der Waals surface area contributed by atoms with Gasteiger partial charge in [-0.05, 0) is 58.6 Å². The first kappa shape index (κ1) is 25.2. The Bertz CT molecular complexity index is 1800. The highest BCUT2D eigenvalue weighted by atomic mass is 32.1. The third-order valence-electron chi connectivity index (χ3n) is 6.32. The Hall–Kier alpha value is -4.06. The minimum atomic E-state index is -0.832. The van der Waals surface area contributed by atoms with Gasteiger partial charge in [0, 0.05) is 26.0 Å². The number of carbonyl (C=O) groups excluding carboxylic acids is 1. The van der Waals surface area contributed by atoms with Gasteiger partial charge in [0.25, 0.3) is 0 Å². The molecule has 2 aromatic carbocycles. The summed E-state index contributed by atoms with van der Waals surface area (Å²) in [6.45, 7) is 1.82. The molecule has 0 unspecified atom stereocenters. The molecular formula is C28H22N4O4S3. The number of carboxylic acids is 1. The van der Waals surface area contributed by atoms with Crippen LogP contribution < -0.4 is 5.32 Å². The lowest BCUT2D eigenvalue weighted by Crippen LogP contribution is -2.18. The minimum Gasteiger partial charge on any atom is -0.481 e. The summed E-state index contributed by atoms with van der Waals surface area (Å²) in [5.41, 5.74) is 3.38. The van der Waals surface area contributed by atoms with Crippen molar-refractivity contribution in [1.82, 2.24) is 15.0 Å². The molecule has 0 spiro atoms. The average Bonchev–Trinajstić information content (AvgIpc) is 3.68. The lowest BCUT2D eigenvalue weighted by atomic mass is 10.1. The monoisotopic (exact) mass is 574 g/mol. The van der Waals surface area contributed by atoms with E-state index in [0.29, 0.717) is 11.5 Å². The quantitative estimate of drug-likeness (QED) is 0.204. The van der Waals surface area contributed by atoms with Crippen molar-refractivity contribution >= 4 is 71.4 Å². The maximum absolute atomic E-state index is 12.7. The van der Waals surface area contributed by atoms with E-state index in [1.54, 1.807) is 41.1 Å². The summed E-state index contributed by atoms with van der Waals surface area (Å²) in [5.74, 6) is -0.371. The first-order valence-corrected chi connectivity index (χ1v) is 14.6. The maximum atomic E-state index is 12.7. The van der Waals surface area contributed by atoms with Crippen molar-refractivity contribution < 1.29 is 19.4 Å². The molecule has 4 heterocycles. The van der Waals surface area contributed by atoms with Crippen molar-refractivity contribution in [2.45, 2.75) is 19.4 Å². The second-order valence-electron chi connectivity index (χ2n) is 8.99. The van der Waals surface area contributed by atoms with Crippen LogP contribution in [0.3, 0.4) is 0 Å². The van der Waals surface area contributed by atoms with Crippen molar-refractivity contribution in [3.8, 4) is 21.0 Å². The summed E-state index contributed by atoms with van der Waals surface area (Å²) in [5, 5.41) is 23.4. The summed E-state index contributed by atoms with van der Waals surface area (Å²) < 4.78 is 10.4. The fourth-order valence-electron chi connectivity index (χ4n) is 4.37. The fourth-order valence-corrected chi connectivity index (χ4v) is 7.69. The van der Waals surface area contributed by atoms with Crippen molar-refractivity contribution in [2.24, 2.45) is 7.05 Å². The van der Waals surface area contributed by atoms with Crippen LogP contribution in [0, 0.1) is 0 Å². The molecule has 8 nitrogen and oxygen atoms in total. The number of fused-ring (bicyclic) bond motifs is 2.